The Bertz CT molecular complexity index is 1070. The first kappa shape index (κ1) is 23.1. The van der Waals surface area contributed by atoms with E-state index in [0.29, 0.717) is 0 Å². The largest absolute Gasteiger partial charge is 0.488 e. The number of thiazole rings is 1. The third kappa shape index (κ3) is 5.97. The van der Waals surface area contributed by atoms with Crippen molar-refractivity contribution in [1.82, 2.24) is 4.57 Å². The number of ether oxygens (including phenoxy) is 1. The fraction of sp³-hybridized carbons (Fsp3) is 0.440. The number of hydrogen-bond acceptors (Lipinski definition) is 4. The molecule has 1 amide bonds. The van der Waals surface area contributed by atoms with Crippen LogP contribution in [0.1, 0.15) is 58.9 Å². The van der Waals surface area contributed by atoms with E-state index in [9.17, 15) is 4.79 Å². The summed E-state index contributed by atoms with van der Waals surface area (Å²) in [6.07, 6.45) is 4.13. The van der Waals surface area contributed by atoms with E-state index in [1.54, 1.807) is 11.3 Å². The number of unbranched alkanes of at least 4 members (excludes halogenated alkanes) is 1. The number of nitrogens with zero attached hydrogens (tertiary/aromatic N) is 2. The van der Waals surface area contributed by atoms with Gasteiger partial charge in [0.1, 0.15) is 5.75 Å². The van der Waals surface area contributed by atoms with Crippen molar-refractivity contribution < 1.29 is 9.53 Å². The summed E-state index contributed by atoms with van der Waals surface area (Å²) in [5.41, 5.74) is 3.03. The van der Waals surface area contributed by atoms with Crippen molar-refractivity contribution >= 4 is 33.1 Å². The standard InChI is InChI=1S/C25H33N3O2S/c1-5-8-14-26-25-28(17-19-12-10-9-11-13-19)22-16-23(30-20(6-2)7-3)21(27-18(4)29)15-24(22)31-25/h9-13,15-16,20H,5-8,14,17H2,1-4H3,(H,27,29). The van der Waals surface area contributed by atoms with E-state index in [1.165, 1.54) is 12.5 Å². The predicted molar refractivity (Wildman–Crippen MR) is 130 cm³/mol. The number of fused-ring (bicyclic) bond motifs is 1. The summed E-state index contributed by atoms with van der Waals surface area (Å²) in [5.74, 6) is 0.617. The Kier molecular flexibility index (Phi) is 8.29. The highest BCUT2D eigenvalue weighted by atomic mass is 32.1. The van der Waals surface area contributed by atoms with Crippen molar-refractivity contribution in [2.24, 2.45) is 4.99 Å². The third-order valence-corrected chi connectivity index (χ3v) is 6.32. The van der Waals surface area contributed by atoms with E-state index < -0.39 is 0 Å². The molecule has 0 saturated heterocycles. The van der Waals surface area contributed by atoms with E-state index in [1.807, 2.05) is 12.1 Å². The van der Waals surface area contributed by atoms with Crippen molar-refractivity contribution in [3.63, 3.8) is 0 Å². The lowest BCUT2D eigenvalue weighted by molar-refractivity contribution is -0.114. The number of amides is 1. The SMILES string of the molecule is CCCCN=c1sc2cc(NC(C)=O)c(OC(CC)CC)cc2n1Cc1ccccc1. The smallest absolute Gasteiger partial charge is 0.221 e. The van der Waals surface area contributed by atoms with Gasteiger partial charge in [0.05, 0.1) is 28.6 Å². The normalized spacial score (nSPS) is 12.0. The van der Waals surface area contributed by atoms with Crippen LogP contribution in [0.4, 0.5) is 5.69 Å². The number of aromatic nitrogens is 1. The van der Waals surface area contributed by atoms with Gasteiger partial charge in [-0.05, 0) is 30.9 Å². The van der Waals surface area contributed by atoms with Crippen LogP contribution in [-0.2, 0) is 11.3 Å². The van der Waals surface area contributed by atoms with Crippen molar-refractivity contribution in [2.75, 3.05) is 11.9 Å². The van der Waals surface area contributed by atoms with Crippen LogP contribution in [0.15, 0.2) is 47.5 Å². The molecule has 31 heavy (non-hydrogen) atoms. The number of benzene rings is 2. The molecule has 1 N–H and O–H groups in total. The molecule has 1 heterocycles. The summed E-state index contributed by atoms with van der Waals surface area (Å²) in [6.45, 7) is 9.51. The quantitative estimate of drug-likeness (QED) is 0.395. The van der Waals surface area contributed by atoms with Gasteiger partial charge in [-0.3, -0.25) is 9.79 Å². The molecule has 0 aliphatic heterocycles. The van der Waals surface area contributed by atoms with Crippen molar-refractivity contribution in [2.45, 2.75) is 66.0 Å². The molecule has 0 spiro atoms. The van der Waals surface area contributed by atoms with E-state index in [-0.39, 0.29) is 12.0 Å². The molecular weight excluding hydrogens is 406 g/mol. The molecule has 0 unspecified atom stereocenters. The average Bonchev–Trinajstić information content (AvgIpc) is 3.08. The van der Waals surface area contributed by atoms with Gasteiger partial charge in [0, 0.05) is 19.5 Å². The highest BCUT2D eigenvalue weighted by molar-refractivity contribution is 7.16. The third-order valence-electron chi connectivity index (χ3n) is 5.24. The molecule has 0 radical (unpaired) electrons. The maximum absolute atomic E-state index is 11.8. The first-order valence-corrected chi connectivity index (χ1v) is 12.0. The summed E-state index contributed by atoms with van der Waals surface area (Å²) in [6, 6.07) is 14.5. The Morgan fingerprint density at radius 1 is 1.16 bits per heavy atom. The Morgan fingerprint density at radius 3 is 2.55 bits per heavy atom. The van der Waals surface area contributed by atoms with Gasteiger partial charge in [-0.1, -0.05) is 68.9 Å². The van der Waals surface area contributed by atoms with E-state index in [4.69, 9.17) is 9.73 Å². The summed E-state index contributed by atoms with van der Waals surface area (Å²) < 4.78 is 9.67. The van der Waals surface area contributed by atoms with Gasteiger partial charge in [0.2, 0.25) is 5.91 Å². The van der Waals surface area contributed by atoms with Gasteiger partial charge in [0.15, 0.2) is 4.80 Å². The maximum Gasteiger partial charge on any atom is 0.221 e. The van der Waals surface area contributed by atoms with Crippen LogP contribution in [0.3, 0.4) is 0 Å². The van der Waals surface area contributed by atoms with Gasteiger partial charge >= 0.3 is 0 Å². The summed E-state index contributed by atoms with van der Waals surface area (Å²) >= 11 is 1.66. The zero-order valence-electron chi connectivity index (χ0n) is 19.0. The van der Waals surface area contributed by atoms with Gasteiger partial charge in [-0.2, -0.15) is 0 Å². The molecule has 0 bridgehead atoms. The number of nitrogens with one attached hydrogen (secondary N) is 1. The highest BCUT2D eigenvalue weighted by Crippen LogP contribution is 2.33. The van der Waals surface area contributed by atoms with Crippen LogP contribution in [0.5, 0.6) is 5.75 Å². The fourth-order valence-corrected chi connectivity index (χ4v) is 4.56. The van der Waals surface area contributed by atoms with E-state index in [2.05, 4.69) is 61.0 Å². The molecule has 0 atom stereocenters. The zero-order chi connectivity index (χ0) is 22.2. The van der Waals surface area contributed by atoms with Crippen LogP contribution in [0.25, 0.3) is 10.2 Å². The molecule has 1 aromatic heterocycles. The Morgan fingerprint density at radius 2 is 1.90 bits per heavy atom. The minimum absolute atomic E-state index is 0.102. The fourth-order valence-electron chi connectivity index (χ4n) is 3.49. The maximum atomic E-state index is 11.8. The Balaban J connectivity index is 2.15. The molecule has 0 fully saturated rings. The van der Waals surface area contributed by atoms with Crippen molar-refractivity contribution in [3.05, 3.63) is 52.8 Å². The number of hydrogen-bond donors (Lipinski definition) is 1. The lowest BCUT2D eigenvalue weighted by Gasteiger charge is -2.19. The monoisotopic (exact) mass is 439 g/mol. The minimum Gasteiger partial charge on any atom is -0.488 e. The number of anilines is 1. The first-order chi connectivity index (χ1) is 15.0. The summed E-state index contributed by atoms with van der Waals surface area (Å²) in [5, 5.41) is 2.95. The summed E-state index contributed by atoms with van der Waals surface area (Å²) in [7, 11) is 0. The molecule has 0 saturated carbocycles. The lowest BCUT2D eigenvalue weighted by atomic mass is 10.2. The predicted octanol–water partition coefficient (Wildman–Crippen LogP) is 5.98. The molecule has 0 aliphatic carbocycles. The molecule has 2 aromatic carbocycles. The second-order valence-corrected chi connectivity index (χ2v) is 8.75. The lowest BCUT2D eigenvalue weighted by Crippen LogP contribution is -2.17. The van der Waals surface area contributed by atoms with E-state index in [0.717, 1.165) is 65.2 Å². The van der Waals surface area contributed by atoms with E-state index >= 15 is 0 Å². The Hall–Kier alpha value is -2.60. The topological polar surface area (TPSA) is 55.6 Å². The number of carbonyl (C=O) groups excluding carboxylic acids is 1. The Labute approximate surface area is 188 Å². The van der Waals surface area contributed by atoms with Crippen LogP contribution in [-0.4, -0.2) is 23.1 Å². The van der Waals surface area contributed by atoms with Crippen LogP contribution in [0.2, 0.25) is 0 Å². The van der Waals surface area contributed by atoms with Gasteiger partial charge < -0.3 is 14.6 Å². The second kappa shape index (κ2) is 11.1. The molecule has 3 rings (SSSR count). The molecular formula is C25H33N3O2S. The minimum atomic E-state index is -0.102. The van der Waals surface area contributed by atoms with Crippen LogP contribution >= 0.6 is 11.3 Å². The van der Waals surface area contributed by atoms with Gasteiger partial charge in [-0.15, -0.1) is 0 Å². The molecule has 6 heteroatoms. The average molecular weight is 440 g/mol. The molecule has 0 aliphatic rings. The van der Waals surface area contributed by atoms with Gasteiger partial charge in [0.25, 0.3) is 0 Å². The molecule has 3 aromatic rings. The molecule has 5 nitrogen and oxygen atoms in total. The van der Waals surface area contributed by atoms with Crippen LogP contribution < -0.4 is 14.9 Å². The molecule has 166 valence electrons. The van der Waals surface area contributed by atoms with Crippen molar-refractivity contribution in [1.29, 1.82) is 0 Å². The zero-order valence-corrected chi connectivity index (χ0v) is 19.8. The van der Waals surface area contributed by atoms with Gasteiger partial charge in [-0.25, -0.2) is 0 Å². The second-order valence-electron chi connectivity index (χ2n) is 7.75. The first-order valence-electron chi connectivity index (χ1n) is 11.2. The number of carbonyl (C=O) groups is 1. The van der Waals surface area contributed by atoms with Crippen LogP contribution in [0, 0.1) is 0 Å². The highest BCUT2D eigenvalue weighted by Gasteiger charge is 2.16. The van der Waals surface area contributed by atoms with Crippen molar-refractivity contribution in [3.8, 4) is 5.75 Å². The number of rotatable bonds is 10. The summed E-state index contributed by atoms with van der Waals surface area (Å²) in [4.78, 5) is 17.7.